The van der Waals surface area contributed by atoms with Crippen LogP contribution in [0.3, 0.4) is 0 Å². The van der Waals surface area contributed by atoms with Gasteiger partial charge >= 0.3 is 5.97 Å². The maximum atomic E-state index is 13.7. The number of carbonyl (C=O) groups excluding carboxylic acids is 1. The van der Waals surface area contributed by atoms with Crippen molar-refractivity contribution >= 4 is 17.3 Å². The molecule has 0 fully saturated rings. The predicted molar refractivity (Wildman–Crippen MR) is 63.3 cm³/mol. The molecule has 9 heteroatoms. The number of thiazole rings is 1. The van der Waals surface area contributed by atoms with E-state index in [9.17, 15) is 26.7 Å². The zero-order chi connectivity index (χ0) is 15.7. The van der Waals surface area contributed by atoms with Crippen molar-refractivity contribution in [1.82, 2.24) is 4.98 Å². The third-order valence-electron chi connectivity index (χ3n) is 2.47. The Bertz CT molecular complexity index is 687. The van der Waals surface area contributed by atoms with Gasteiger partial charge in [0.2, 0.25) is 5.82 Å². The van der Waals surface area contributed by atoms with Crippen LogP contribution in [0.25, 0.3) is 11.3 Å². The smallest absolute Gasteiger partial charge is 0.350 e. The van der Waals surface area contributed by atoms with Crippen LogP contribution in [0, 0.1) is 29.1 Å². The fourth-order valence-electron chi connectivity index (χ4n) is 1.58. The van der Waals surface area contributed by atoms with E-state index >= 15 is 0 Å². The molecule has 1 aromatic carbocycles. The summed E-state index contributed by atoms with van der Waals surface area (Å²) in [7, 11) is 0. The van der Waals surface area contributed by atoms with Crippen molar-refractivity contribution in [1.29, 1.82) is 0 Å². The van der Waals surface area contributed by atoms with Gasteiger partial charge in [-0.3, -0.25) is 0 Å². The van der Waals surface area contributed by atoms with Crippen LogP contribution in [-0.4, -0.2) is 17.6 Å². The van der Waals surface area contributed by atoms with E-state index in [-0.39, 0.29) is 11.5 Å². The summed E-state index contributed by atoms with van der Waals surface area (Å²) in [6, 6.07) is 0. The zero-order valence-electron chi connectivity index (χ0n) is 10.3. The highest BCUT2D eigenvalue weighted by atomic mass is 32.1. The van der Waals surface area contributed by atoms with Crippen molar-refractivity contribution in [2.45, 2.75) is 6.92 Å². The van der Waals surface area contributed by atoms with Gasteiger partial charge in [-0.05, 0) is 6.92 Å². The van der Waals surface area contributed by atoms with Gasteiger partial charge in [0, 0.05) is 0 Å². The van der Waals surface area contributed by atoms with Crippen molar-refractivity contribution in [2.75, 3.05) is 6.61 Å². The van der Waals surface area contributed by atoms with Crippen LogP contribution in [0.15, 0.2) is 5.51 Å². The van der Waals surface area contributed by atoms with Crippen molar-refractivity contribution in [2.24, 2.45) is 0 Å². The molecule has 0 atom stereocenters. The fourth-order valence-corrected chi connectivity index (χ4v) is 2.26. The molecule has 112 valence electrons. The summed E-state index contributed by atoms with van der Waals surface area (Å²) in [5.74, 6) is -11.6. The van der Waals surface area contributed by atoms with Crippen molar-refractivity contribution < 1.29 is 31.5 Å². The summed E-state index contributed by atoms with van der Waals surface area (Å²) >= 11 is 0.668. The molecule has 0 aliphatic heterocycles. The average molecular weight is 323 g/mol. The molecule has 0 aliphatic rings. The van der Waals surface area contributed by atoms with E-state index in [4.69, 9.17) is 0 Å². The van der Waals surface area contributed by atoms with Gasteiger partial charge in [0.15, 0.2) is 23.3 Å². The predicted octanol–water partition coefficient (Wildman–Crippen LogP) is 3.68. The zero-order valence-corrected chi connectivity index (χ0v) is 11.2. The first kappa shape index (κ1) is 15.4. The third kappa shape index (κ3) is 2.48. The Morgan fingerprint density at radius 2 is 1.62 bits per heavy atom. The summed E-state index contributed by atoms with van der Waals surface area (Å²) in [5.41, 5.74) is -0.860. The molecule has 0 radical (unpaired) electrons. The normalized spacial score (nSPS) is 10.8. The highest BCUT2D eigenvalue weighted by Gasteiger charge is 2.30. The molecule has 1 heterocycles. The number of hydrogen-bond acceptors (Lipinski definition) is 4. The van der Waals surface area contributed by atoms with Gasteiger partial charge in [-0.15, -0.1) is 11.3 Å². The highest BCUT2D eigenvalue weighted by molar-refractivity contribution is 7.12. The molecule has 0 N–H and O–H groups in total. The van der Waals surface area contributed by atoms with Crippen molar-refractivity contribution in [3.63, 3.8) is 0 Å². The number of ether oxygens (including phenoxy) is 1. The Kier molecular flexibility index (Phi) is 4.21. The standard InChI is InChI=1S/C12H6F5NO2S/c1-2-20-12(19)11-10(18-3-21-11)4-5(13)7(15)9(17)8(16)6(4)14/h3H,2H2,1H3. The number of esters is 1. The second kappa shape index (κ2) is 5.76. The van der Waals surface area contributed by atoms with Gasteiger partial charge in [-0.2, -0.15) is 0 Å². The lowest BCUT2D eigenvalue weighted by Crippen LogP contribution is -2.08. The van der Waals surface area contributed by atoms with Crippen LogP contribution >= 0.6 is 11.3 Å². The van der Waals surface area contributed by atoms with Gasteiger partial charge in [0.05, 0.1) is 17.7 Å². The number of hydrogen-bond donors (Lipinski definition) is 0. The number of carbonyl (C=O) groups is 1. The lowest BCUT2D eigenvalue weighted by molar-refractivity contribution is 0.0532. The second-order valence-electron chi connectivity index (χ2n) is 3.70. The Morgan fingerprint density at radius 1 is 1.10 bits per heavy atom. The van der Waals surface area contributed by atoms with E-state index in [0.29, 0.717) is 11.3 Å². The first-order valence-corrected chi connectivity index (χ1v) is 6.40. The first-order chi connectivity index (χ1) is 9.90. The van der Waals surface area contributed by atoms with E-state index < -0.39 is 46.3 Å². The van der Waals surface area contributed by atoms with Crippen LogP contribution in [0.4, 0.5) is 22.0 Å². The molecule has 21 heavy (non-hydrogen) atoms. The maximum Gasteiger partial charge on any atom is 0.350 e. The van der Waals surface area contributed by atoms with Gasteiger partial charge in [-0.1, -0.05) is 0 Å². The van der Waals surface area contributed by atoms with Crippen LogP contribution in [0.2, 0.25) is 0 Å². The Morgan fingerprint density at radius 3 is 2.14 bits per heavy atom. The maximum absolute atomic E-state index is 13.7. The summed E-state index contributed by atoms with van der Waals surface area (Å²) in [6.07, 6.45) is 0. The molecule has 0 unspecified atom stereocenters. The van der Waals surface area contributed by atoms with Crippen molar-refractivity contribution in [3.05, 3.63) is 39.5 Å². The van der Waals surface area contributed by atoms with Crippen LogP contribution in [-0.2, 0) is 4.74 Å². The number of benzene rings is 1. The topological polar surface area (TPSA) is 39.2 Å². The first-order valence-electron chi connectivity index (χ1n) is 5.52. The number of halogens is 5. The van der Waals surface area contributed by atoms with Crippen LogP contribution < -0.4 is 0 Å². The Balaban J connectivity index is 2.70. The lowest BCUT2D eigenvalue weighted by Gasteiger charge is -2.07. The molecule has 0 saturated carbocycles. The molecule has 2 aromatic rings. The average Bonchev–Trinajstić information content (AvgIpc) is 2.93. The van der Waals surface area contributed by atoms with E-state index in [0.717, 1.165) is 5.51 Å². The Labute approximate surface area is 119 Å². The number of rotatable bonds is 3. The number of nitrogens with zero attached hydrogens (tertiary/aromatic N) is 1. The third-order valence-corrected chi connectivity index (χ3v) is 3.28. The fraction of sp³-hybridized carbons (Fsp3) is 0.167. The number of aromatic nitrogens is 1. The second-order valence-corrected chi connectivity index (χ2v) is 4.55. The molecule has 2 rings (SSSR count). The minimum Gasteiger partial charge on any atom is -0.462 e. The van der Waals surface area contributed by atoms with E-state index in [1.807, 2.05) is 0 Å². The molecular formula is C12H6F5NO2S. The molecule has 0 aliphatic carbocycles. The largest absolute Gasteiger partial charge is 0.462 e. The highest BCUT2D eigenvalue weighted by Crippen LogP contribution is 2.34. The van der Waals surface area contributed by atoms with Gasteiger partial charge in [0.25, 0.3) is 0 Å². The van der Waals surface area contributed by atoms with Gasteiger partial charge in [0.1, 0.15) is 10.6 Å². The molecule has 0 saturated heterocycles. The van der Waals surface area contributed by atoms with E-state index in [1.165, 1.54) is 6.92 Å². The molecular weight excluding hydrogens is 317 g/mol. The van der Waals surface area contributed by atoms with Crippen LogP contribution in [0.5, 0.6) is 0 Å². The van der Waals surface area contributed by atoms with Gasteiger partial charge in [-0.25, -0.2) is 31.7 Å². The monoisotopic (exact) mass is 323 g/mol. The molecule has 1 aromatic heterocycles. The van der Waals surface area contributed by atoms with Gasteiger partial charge < -0.3 is 4.74 Å². The SMILES string of the molecule is CCOC(=O)c1scnc1-c1c(F)c(F)c(F)c(F)c1F. The molecule has 3 nitrogen and oxygen atoms in total. The summed E-state index contributed by atoms with van der Waals surface area (Å²) in [6.45, 7) is 1.48. The summed E-state index contributed by atoms with van der Waals surface area (Å²) in [4.78, 5) is 14.8. The molecule has 0 bridgehead atoms. The molecule has 0 spiro atoms. The van der Waals surface area contributed by atoms with Crippen LogP contribution in [0.1, 0.15) is 16.6 Å². The Hall–Kier alpha value is -2.03. The molecule has 0 amide bonds. The summed E-state index contributed by atoms with van der Waals surface area (Å²) in [5, 5.41) is 0. The minimum absolute atomic E-state index is 0.0206. The minimum atomic E-state index is -2.28. The van der Waals surface area contributed by atoms with E-state index in [1.54, 1.807) is 0 Å². The van der Waals surface area contributed by atoms with E-state index in [2.05, 4.69) is 9.72 Å². The van der Waals surface area contributed by atoms with Crippen molar-refractivity contribution in [3.8, 4) is 11.3 Å². The quantitative estimate of drug-likeness (QED) is 0.374. The summed E-state index contributed by atoms with van der Waals surface area (Å²) < 4.78 is 71.3. The lowest BCUT2D eigenvalue weighted by atomic mass is 10.1.